The molecule has 0 aliphatic carbocycles. The third kappa shape index (κ3) is 3.66. The van der Waals surface area contributed by atoms with Gasteiger partial charge in [-0.25, -0.2) is 4.98 Å². The van der Waals surface area contributed by atoms with E-state index < -0.39 is 0 Å². The lowest BCUT2D eigenvalue weighted by atomic mass is 10.2. The van der Waals surface area contributed by atoms with E-state index in [1.807, 2.05) is 13.8 Å². The molecule has 0 bridgehead atoms. The molecule has 0 unspecified atom stereocenters. The van der Waals surface area contributed by atoms with Crippen LogP contribution < -0.4 is 10.9 Å². The molecule has 5 nitrogen and oxygen atoms in total. The van der Waals surface area contributed by atoms with Crippen LogP contribution in [0.25, 0.3) is 10.2 Å². The number of aromatic nitrogens is 2. The first kappa shape index (κ1) is 17.3. The van der Waals surface area contributed by atoms with Crippen molar-refractivity contribution in [2.75, 3.05) is 12.3 Å². The Morgan fingerprint density at radius 2 is 2.30 bits per heavy atom. The summed E-state index contributed by atoms with van der Waals surface area (Å²) in [4.78, 5) is 30.8. The van der Waals surface area contributed by atoms with Gasteiger partial charge >= 0.3 is 0 Å². The van der Waals surface area contributed by atoms with Gasteiger partial charge in [0.1, 0.15) is 4.83 Å². The quantitative estimate of drug-likeness (QED) is 0.376. The Bertz CT molecular complexity index is 859. The first-order chi connectivity index (χ1) is 11.0. The molecule has 0 spiro atoms. The number of carbonyl (C=O) groups excluding carboxylic acids is 1. The summed E-state index contributed by atoms with van der Waals surface area (Å²) in [6, 6.07) is 0. The first-order valence-corrected chi connectivity index (χ1v) is 8.74. The molecule has 2 heterocycles. The van der Waals surface area contributed by atoms with Crippen LogP contribution in [0.1, 0.15) is 10.4 Å². The maximum Gasteiger partial charge on any atom is 0.263 e. The van der Waals surface area contributed by atoms with E-state index in [1.165, 1.54) is 23.1 Å². The molecule has 1 amide bonds. The van der Waals surface area contributed by atoms with E-state index in [0.717, 1.165) is 10.4 Å². The van der Waals surface area contributed by atoms with Crippen molar-refractivity contribution in [3.63, 3.8) is 0 Å². The summed E-state index contributed by atoms with van der Waals surface area (Å²) < 4.78 is 1.55. The molecule has 2 rings (SSSR count). The van der Waals surface area contributed by atoms with E-state index >= 15 is 0 Å². The lowest BCUT2D eigenvalue weighted by Gasteiger charge is -2.10. The predicted octanol–water partition coefficient (Wildman–Crippen LogP) is 2.10. The monoisotopic (exact) mass is 347 g/mol. The average Bonchev–Trinajstić information content (AvgIpc) is 2.81. The molecule has 0 saturated carbocycles. The number of terminal acetylenes is 1. The van der Waals surface area contributed by atoms with Gasteiger partial charge in [-0.1, -0.05) is 23.8 Å². The molecule has 1 N–H and O–H groups in total. The Morgan fingerprint density at radius 3 is 2.96 bits per heavy atom. The third-order valence-corrected chi connectivity index (χ3v) is 5.36. The van der Waals surface area contributed by atoms with Gasteiger partial charge in [0, 0.05) is 11.4 Å². The summed E-state index contributed by atoms with van der Waals surface area (Å²) in [6.45, 7) is 8.12. The standard InChI is InChI=1S/C16H17N3O2S2/c1-5-7-17-12(20)9-22-16-18-14-13(10(3)11(4)23-14)15(21)19(16)8-6-2/h1,6H,2,7-9H2,3-4H3,(H,17,20). The fraction of sp³-hybridized carbons (Fsp3) is 0.312. The van der Waals surface area contributed by atoms with E-state index in [2.05, 4.69) is 22.8 Å². The first-order valence-electron chi connectivity index (χ1n) is 6.94. The molecule has 0 aliphatic heterocycles. The highest BCUT2D eigenvalue weighted by Crippen LogP contribution is 2.28. The number of hydrogen-bond acceptors (Lipinski definition) is 5. The number of aryl methyl sites for hydroxylation is 2. The Morgan fingerprint density at radius 1 is 1.57 bits per heavy atom. The fourth-order valence-electron chi connectivity index (χ4n) is 2.04. The van der Waals surface area contributed by atoms with E-state index in [-0.39, 0.29) is 23.8 Å². The average molecular weight is 347 g/mol. The number of hydrogen-bond donors (Lipinski definition) is 1. The number of rotatable bonds is 6. The summed E-state index contributed by atoms with van der Waals surface area (Å²) in [5, 5.41) is 3.75. The number of thioether (sulfide) groups is 1. The Labute approximate surface area is 142 Å². The third-order valence-electron chi connectivity index (χ3n) is 3.29. The van der Waals surface area contributed by atoms with Gasteiger partial charge in [0.05, 0.1) is 17.7 Å². The molecule has 0 fully saturated rings. The van der Waals surface area contributed by atoms with Gasteiger partial charge in [-0.3, -0.25) is 14.2 Å². The topological polar surface area (TPSA) is 64.0 Å². The highest BCUT2D eigenvalue weighted by molar-refractivity contribution is 7.99. The number of amides is 1. The van der Waals surface area contributed by atoms with Gasteiger partial charge in [-0.2, -0.15) is 0 Å². The second-order valence-electron chi connectivity index (χ2n) is 4.83. The zero-order valence-electron chi connectivity index (χ0n) is 13.0. The van der Waals surface area contributed by atoms with Crippen LogP contribution in [0.4, 0.5) is 0 Å². The molecule has 0 radical (unpaired) electrons. The summed E-state index contributed by atoms with van der Waals surface area (Å²) in [5.74, 6) is 2.31. The maximum atomic E-state index is 12.7. The lowest BCUT2D eigenvalue weighted by Crippen LogP contribution is -2.27. The molecule has 2 aromatic heterocycles. The summed E-state index contributed by atoms with van der Waals surface area (Å²) in [6.07, 6.45) is 6.75. The van der Waals surface area contributed by atoms with Crippen LogP contribution >= 0.6 is 23.1 Å². The maximum absolute atomic E-state index is 12.7. The SMILES string of the molecule is C#CCNC(=O)CSc1nc2sc(C)c(C)c2c(=O)n1CC=C. The summed E-state index contributed by atoms with van der Waals surface area (Å²) in [7, 11) is 0. The second kappa shape index (κ2) is 7.49. The van der Waals surface area contributed by atoms with Crippen molar-refractivity contribution in [3.05, 3.63) is 33.4 Å². The molecular weight excluding hydrogens is 330 g/mol. The number of nitrogens with zero attached hydrogens (tertiary/aromatic N) is 2. The predicted molar refractivity (Wildman–Crippen MR) is 96.1 cm³/mol. The number of nitrogens with one attached hydrogen (secondary N) is 1. The molecule has 23 heavy (non-hydrogen) atoms. The molecule has 0 saturated heterocycles. The summed E-state index contributed by atoms with van der Waals surface area (Å²) >= 11 is 2.71. The zero-order chi connectivity index (χ0) is 17.0. The number of carbonyl (C=O) groups is 1. The highest BCUT2D eigenvalue weighted by Gasteiger charge is 2.16. The summed E-state index contributed by atoms with van der Waals surface area (Å²) in [5.41, 5.74) is 0.868. The van der Waals surface area contributed by atoms with Crippen LogP contribution in [-0.4, -0.2) is 27.8 Å². The van der Waals surface area contributed by atoms with Gasteiger partial charge in [-0.15, -0.1) is 24.3 Å². The molecular formula is C16H17N3O2S2. The van der Waals surface area contributed by atoms with Crippen molar-refractivity contribution in [2.24, 2.45) is 0 Å². The molecule has 7 heteroatoms. The second-order valence-corrected chi connectivity index (χ2v) is 6.98. The Balaban J connectivity index is 2.40. The van der Waals surface area contributed by atoms with Crippen LogP contribution in [0.5, 0.6) is 0 Å². The van der Waals surface area contributed by atoms with Crippen molar-refractivity contribution in [1.82, 2.24) is 14.9 Å². The minimum absolute atomic E-state index is 0.0942. The van der Waals surface area contributed by atoms with Crippen molar-refractivity contribution in [1.29, 1.82) is 0 Å². The zero-order valence-corrected chi connectivity index (χ0v) is 14.6. The van der Waals surface area contributed by atoms with Gasteiger partial charge < -0.3 is 5.32 Å². The van der Waals surface area contributed by atoms with Gasteiger partial charge in [0.2, 0.25) is 5.91 Å². The highest BCUT2D eigenvalue weighted by atomic mass is 32.2. The van der Waals surface area contributed by atoms with Crippen LogP contribution in [-0.2, 0) is 11.3 Å². The minimum Gasteiger partial charge on any atom is -0.344 e. The lowest BCUT2D eigenvalue weighted by molar-refractivity contribution is -0.118. The normalized spacial score (nSPS) is 10.5. The van der Waals surface area contributed by atoms with Crippen molar-refractivity contribution in [3.8, 4) is 12.3 Å². The number of allylic oxidation sites excluding steroid dienone is 1. The van der Waals surface area contributed by atoms with Crippen molar-refractivity contribution < 1.29 is 4.79 Å². The van der Waals surface area contributed by atoms with E-state index in [1.54, 1.807) is 10.6 Å². The van der Waals surface area contributed by atoms with E-state index in [0.29, 0.717) is 21.9 Å². The van der Waals surface area contributed by atoms with Crippen LogP contribution in [0.3, 0.4) is 0 Å². The van der Waals surface area contributed by atoms with Gasteiger partial charge in [0.15, 0.2) is 5.16 Å². The van der Waals surface area contributed by atoms with Gasteiger partial charge in [-0.05, 0) is 19.4 Å². The Hall–Kier alpha value is -2.04. The molecule has 0 aromatic carbocycles. The van der Waals surface area contributed by atoms with Crippen LogP contribution in [0.15, 0.2) is 22.6 Å². The van der Waals surface area contributed by atoms with Crippen molar-refractivity contribution in [2.45, 2.75) is 25.5 Å². The van der Waals surface area contributed by atoms with Crippen molar-refractivity contribution >= 4 is 39.2 Å². The Kier molecular flexibility index (Phi) is 5.64. The molecule has 0 atom stereocenters. The minimum atomic E-state index is -0.189. The van der Waals surface area contributed by atoms with Crippen LogP contribution in [0.2, 0.25) is 0 Å². The fourth-order valence-corrected chi connectivity index (χ4v) is 3.95. The van der Waals surface area contributed by atoms with Crippen LogP contribution in [0, 0.1) is 26.2 Å². The number of fused-ring (bicyclic) bond motifs is 1. The molecule has 2 aromatic rings. The number of thiophene rings is 1. The smallest absolute Gasteiger partial charge is 0.263 e. The largest absolute Gasteiger partial charge is 0.344 e. The molecule has 0 aliphatic rings. The van der Waals surface area contributed by atoms with E-state index in [4.69, 9.17) is 6.42 Å². The van der Waals surface area contributed by atoms with Gasteiger partial charge in [0.25, 0.3) is 5.56 Å². The molecule has 120 valence electrons. The van der Waals surface area contributed by atoms with E-state index in [9.17, 15) is 9.59 Å².